The summed E-state index contributed by atoms with van der Waals surface area (Å²) < 4.78 is 2.07. The number of benzene rings is 1. The Balaban J connectivity index is 1.83. The third kappa shape index (κ3) is 4.08. The highest BCUT2D eigenvalue weighted by atomic mass is 32.2. The van der Waals surface area contributed by atoms with Crippen molar-refractivity contribution in [2.75, 3.05) is 24.7 Å². The largest absolute Gasteiger partial charge is 0.368 e. The summed E-state index contributed by atoms with van der Waals surface area (Å²) in [6.07, 6.45) is 3.76. The monoisotopic (exact) mass is 355 g/mol. The molecule has 0 atom stereocenters. The second kappa shape index (κ2) is 7.10. The molecule has 0 saturated carbocycles. The van der Waals surface area contributed by atoms with Crippen molar-refractivity contribution < 1.29 is 0 Å². The maximum absolute atomic E-state index is 5.78. The van der Waals surface area contributed by atoms with Crippen LogP contribution < -0.4 is 10.6 Å². The lowest BCUT2D eigenvalue weighted by Gasteiger charge is -2.12. The van der Waals surface area contributed by atoms with Gasteiger partial charge in [-0.3, -0.25) is 4.57 Å². The summed E-state index contributed by atoms with van der Waals surface area (Å²) in [5.41, 5.74) is 9.33. The van der Waals surface area contributed by atoms with Crippen LogP contribution in [0.5, 0.6) is 0 Å². The molecule has 0 saturated heterocycles. The molecule has 0 spiro atoms. The summed E-state index contributed by atoms with van der Waals surface area (Å²) in [7, 11) is 3.75. The lowest BCUT2D eigenvalue weighted by atomic mass is 10.1. The van der Waals surface area contributed by atoms with E-state index < -0.39 is 0 Å². The molecule has 0 bridgehead atoms. The predicted molar refractivity (Wildman–Crippen MR) is 101 cm³/mol. The molecule has 130 valence electrons. The average Bonchev–Trinajstić information content (AvgIpc) is 3.00. The van der Waals surface area contributed by atoms with Gasteiger partial charge >= 0.3 is 0 Å². The summed E-state index contributed by atoms with van der Waals surface area (Å²) in [6.45, 7) is 4.19. The minimum atomic E-state index is 0.229. The van der Waals surface area contributed by atoms with Crippen LogP contribution in [-0.4, -0.2) is 38.6 Å². The summed E-state index contributed by atoms with van der Waals surface area (Å²) in [5, 5.41) is 0.885. The molecule has 8 heteroatoms. The third-order valence-corrected chi connectivity index (χ3v) is 4.47. The highest BCUT2D eigenvalue weighted by molar-refractivity contribution is 7.98. The number of aryl methyl sites for hydroxylation is 2. The fraction of sp³-hybridized carbons (Fsp3) is 0.294. The number of hydrogen-bond acceptors (Lipinski definition) is 7. The summed E-state index contributed by atoms with van der Waals surface area (Å²) in [4.78, 5) is 19.0. The molecule has 7 nitrogen and oxygen atoms in total. The first-order valence-corrected chi connectivity index (χ1v) is 8.83. The first-order valence-electron chi connectivity index (χ1n) is 7.85. The van der Waals surface area contributed by atoms with E-state index in [-0.39, 0.29) is 5.95 Å². The van der Waals surface area contributed by atoms with Crippen LogP contribution >= 0.6 is 11.8 Å². The molecule has 0 aliphatic heterocycles. The predicted octanol–water partition coefficient (Wildman–Crippen LogP) is 2.61. The Kier molecular flexibility index (Phi) is 4.89. The van der Waals surface area contributed by atoms with E-state index >= 15 is 0 Å². The van der Waals surface area contributed by atoms with Crippen molar-refractivity contribution in [1.82, 2.24) is 24.5 Å². The van der Waals surface area contributed by atoms with Gasteiger partial charge in [-0.2, -0.15) is 15.0 Å². The standard InChI is InChI=1S/C17H21N7S/c1-11-7-12(2)9-13(8-11)24-6-5-19-17(24)25-10-14-20-15(18)22-16(21-14)23(3)4/h5-9H,10H2,1-4H3,(H2,18,20,21,22). The normalized spacial score (nSPS) is 10.9. The number of nitrogens with zero attached hydrogens (tertiary/aromatic N) is 6. The molecule has 3 aromatic rings. The molecule has 3 rings (SSSR count). The lowest BCUT2D eigenvalue weighted by Crippen LogP contribution is -2.16. The highest BCUT2D eigenvalue weighted by Crippen LogP contribution is 2.24. The van der Waals surface area contributed by atoms with Crippen molar-refractivity contribution in [2.24, 2.45) is 0 Å². The summed E-state index contributed by atoms with van der Waals surface area (Å²) in [6, 6.07) is 6.44. The van der Waals surface area contributed by atoms with E-state index in [0.29, 0.717) is 17.5 Å². The number of aromatic nitrogens is 5. The summed E-state index contributed by atoms with van der Waals surface area (Å²) in [5.74, 6) is 1.99. The zero-order valence-corrected chi connectivity index (χ0v) is 15.6. The van der Waals surface area contributed by atoms with Crippen LogP contribution in [0.15, 0.2) is 35.7 Å². The molecule has 25 heavy (non-hydrogen) atoms. The smallest absolute Gasteiger partial charge is 0.229 e. The number of anilines is 2. The molecule has 0 aliphatic rings. The van der Waals surface area contributed by atoms with Gasteiger partial charge in [-0.15, -0.1) is 0 Å². The molecule has 2 aromatic heterocycles. The minimum absolute atomic E-state index is 0.229. The van der Waals surface area contributed by atoms with Crippen molar-refractivity contribution in [3.05, 3.63) is 47.5 Å². The van der Waals surface area contributed by atoms with Gasteiger partial charge < -0.3 is 10.6 Å². The van der Waals surface area contributed by atoms with Crippen LogP contribution in [0.1, 0.15) is 17.0 Å². The minimum Gasteiger partial charge on any atom is -0.368 e. The van der Waals surface area contributed by atoms with E-state index in [4.69, 9.17) is 5.73 Å². The molecular formula is C17H21N7S. The van der Waals surface area contributed by atoms with Crippen molar-refractivity contribution in [2.45, 2.75) is 24.8 Å². The van der Waals surface area contributed by atoms with Crippen molar-refractivity contribution in [3.63, 3.8) is 0 Å². The van der Waals surface area contributed by atoms with E-state index in [1.54, 1.807) is 18.0 Å². The topological polar surface area (TPSA) is 85.8 Å². The Labute approximate surface area is 151 Å². The van der Waals surface area contributed by atoms with Gasteiger partial charge in [0.1, 0.15) is 5.82 Å². The number of nitrogens with two attached hydrogens (primary N) is 1. The average molecular weight is 355 g/mol. The van der Waals surface area contributed by atoms with Crippen LogP contribution in [0, 0.1) is 13.8 Å². The van der Waals surface area contributed by atoms with Gasteiger partial charge in [0.15, 0.2) is 5.16 Å². The molecule has 2 N–H and O–H groups in total. The summed E-state index contributed by atoms with van der Waals surface area (Å²) >= 11 is 1.57. The molecule has 0 aliphatic carbocycles. The Bertz CT molecular complexity index is 868. The number of thioether (sulfide) groups is 1. The van der Waals surface area contributed by atoms with Crippen LogP contribution in [-0.2, 0) is 5.75 Å². The van der Waals surface area contributed by atoms with E-state index in [2.05, 4.69) is 56.5 Å². The van der Waals surface area contributed by atoms with Gasteiger partial charge in [-0.25, -0.2) is 4.98 Å². The Hall–Kier alpha value is -2.61. The molecule has 0 fully saturated rings. The first kappa shape index (κ1) is 17.2. The van der Waals surface area contributed by atoms with Crippen LogP contribution in [0.4, 0.5) is 11.9 Å². The third-order valence-electron chi connectivity index (χ3n) is 3.51. The fourth-order valence-electron chi connectivity index (χ4n) is 2.50. The van der Waals surface area contributed by atoms with E-state index in [1.165, 1.54) is 11.1 Å². The second-order valence-electron chi connectivity index (χ2n) is 6.02. The number of rotatable bonds is 5. The Morgan fingerprint density at radius 2 is 1.80 bits per heavy atom. The Morgan fingerprint density at radius 1 is 1.08 bits per heavy atom. The number of imidazole rings is 1. The maximum atomic E-state index is 5.78. The second-order valence-corrected chi connectivity index (χ2v) is 6.96. The van der Waals surface area contributed by atoms with Crippen molar-refractivity contribution >= 4 is 23.7 Å². The molecular weight excluding hydrogens is 334 g/mol. The van der Waals surface area contributed by atoms with Gasteiger partial charge in [0.05, 0.1) is 5.75 Å². The van der Waals surface area contributed by atoms with E-state index in [1.807, 2.05) is 25.2 Å². The lowest BCUT2D eigenvalue weighted by molar-refractivity contribution is 0.884. The molecule has 1 aromatic carbocycles. The molecule has 0 unspecified atom stereocenters. The van der Waals surface area contributed by atoms with Gasteiger partial charge in [-0.05, 0) is 37.1 Å². The quantitative estimate of drug-likeness (QED) is 0.704. The van der Waals surface area contributed by atoms with E-state index in [0.717, 1.165) is 10.8 Å². The fourth-order valence-corrected chi connectivity index (χ4v) is 3.33. The van der Waals surface area contributed by atoms with Crippen LogP contribution in [0.2, 0.25) is 0 Å². The van der Waals surface area contributed by atoms with Crippen LogP contribution in [0.3, 0.4) is 0 Å². The molecule has 0 amide bonds. The molecule has 0 radical (unpaired) electrons. The van der Waals surface area contributed by atoms with Gasteiger partial charge in [0.2, 0.25) is 11.9 Å². The Morgan fingerprint density at radius 3 is 2.48 bits per heavy atom. The van der Waals surface area contributed by atoms with Crippen molar-refractivity contribution in [3.8, 4) is 5.69 Å². The maximum Gasteiger partial charge on any atom is 0.229 e. The zero-order valence-electron chi connectivity index (χ0n) is 14.8. The number of nitrogen functional groups attached to an aromatic ring is 1. The van der Waals surface area contributed by atoms with Crippen LogP contribution in [0.25, 0.3) is 5.69 Å². The van der Waals surface area contributed by atoms with E-state index in [9.17, 15) is 0 Å². The SMILES string of the molecule is Cc1cc(C)cc(-n2ccnc2SCc2nc(N)nc(N(C)C)n2)c1. The molecule has 2 heterocycles. The van der Waals surface area contributed by atoms with Gasteiger partial charge in [0.25, 0.3) is 0 Å². The first-order chi connectivity index (χ1) is 11.9. The highest BCUT2D eigenvalue weighted by Gasteiger charge is 2.11. The number of hydrogen-bond donors (Lipinski definition) is 1. The van der Waals surface area contributed by atoms with Gasteiger partial charge in [-0.1, -0.05) is 17.8 Å². The van der Waals surface area contributed by atoms with Gasteiger partial charge in [0, 0.05) is 32.2 Å². The van der Waals surface area contributed by atoms with Crippen molar-refractivity contribution in [1.29, 1.82) is 0 Å². The zero-order chi connectivity index (χ0) is 18.0.